The molecular formula is C30H35FN8O3. The van der Waals surface area contributed by atoms with Crippen LogP contribution in [-0.4, -0.2) is 75.1 Å². The van der Waals surface area contributed by atoms with E-state index >= 15 is 0 Å². The Morgan fingerprint density at radius 3 is 2.60 bits per heavy atom. The molecule has 0 aliphatic carbocycles. The lowest BCUT2D eigenvalue weighted by Crippen LogP contribution is -2.41. The molecule has 3 atom stereocenters. The highest BCUT2D eigenvalue weighted by Crippen LogP contribution is 2.37. The molecule has 0 bridgehead atoms. The molecule has 3 aromatic heterocycles. The number of rotatable bonds is 10. The number of amides is 2. The predicted molar refractivity (Wildman–Crippen MR) is 156 cm³/mol. The van der Waals surface area contributed by atoms with Crippen LogP contribution in [0.15, 0.2) is 61.1 Å². The lowest BCUT2D eigenvalue weighted by molar-refractivity contribution is 0.150. The number of benzene rings is 1. The zero-order chi connectivity index (χ0) is 29.6. The number of halogens is 1. The SMILES string of the molecule is CCOc1ncc(-c2nn(-c3ccccc3)c(NC(=O)N[C@@H]3C[C@@H](CCOC)N(C)[C@H]3c3ccnc(F)c3)c2C)cn1. The van der Waals surface area contributed by atoms with Gasteiger partial charge in [-0.05, 0) is 63.6 Å². The summed E-state index contributed by atoms with van der Waals surface area (Å²) in [7, 11) is 3.66. The van der Waals surface area contributed by atoms with Crippen molar-refractivity contribution < 1.29 is 18.7 Å². The number of methoxy groups -OCH3 is 1. The fourth-order valence-corrected chi connectivity index (χ4v) is 5.51. The van der Waals surface area contributed by atoms with Crippen LogP contribution in [0.1, 0.15) is 36.9 Å². The maximum Gasteiger partial charge on any atom is 0.320 e. The third kappa shape index (κ3) is 6.24. The normalized spacial score (nSPS) is 18.6. The standard InChI is InChI=1S/C30H35FN8O3/c1-5-42-30-33-17-21(18-34-30)26-19(2)28(39(37-26)22-9-7-6-8-10-22)36-29(40)35-24-16-23(12-14-41-4)38(3)27(24)20-11-13-32-25(31)15-20/h6-11,13,15,17-18,23-24,27H,5,12,14,16H2,1-4H3,(H2,35,36,40)/t23-,24-,27+/m1/s1. The second kappa shape index (κ2) is 13.0. The fraction of sp³-hybridized carbons (Fsp3) is 0.367. The van der Waals surface area contributed by atoms with Crippen LogP contribution in [0.2, 0.25) is 0 Å². The lowest BCUT2D eigenvalue weighted by Gasteiger charge is -2.28. The summed E-state index contributed by atoms with van der Waals surface area (Å²) in [6.07, 6.45) is 6.21. The number of nitrogens with one attached hydrogen (secondary N) is 2. The zero-order valence-electron chi connectivity index (χ0n) is 24.1. The van der Waals surface area contributed by atoms with Crippen molar-refractivity contribution in [1.29, 1.82) is 0 Å². The van der Waals surface area contributed by atoms with Gasteiger partial charge in [0.05, 0.1) is 24.4 Å². The van der Waals surface area contributed by atoms with Crippen molar-refractivity contribution in [1.82, 2.24) is 34.9 Å². The number of aromatic nitrogens is 5. The Bertz CT molecular complexity index is 1500. The van der Waals surface area contributed by atoms with Gasteiger partial charge in [0.2, 0.25) is 5.95 Å². The van der Waals surface area contributed by atoms with Crippen LogP contribution in [0.25, 0.3) is 16.9 Å². The van der Waals surface area contributed by atoms with Gasteiger partial charge in [-0.25, -0.2) is 24.4 Å². The highest BCUT2D eigenvalue weighted by molar-refractivity contribution is 5.91. The van der Waals surface area contributed by atoms with Gasteiger partial charge < -0.3 is 14.8 Å². The first-order valence-electron chi connectivity index (χ1n) is 13.9. The summed E-state index contributed by atoms with van der Waals surface area (Å²) in [6.45, 7) is 4.80. The van der Waals surface area contributed by atoms with Gasteiger partial charge >= 0.3 is 12.0 Å². The number of likely N-dealkylation sites (N-methyl/N-ethyl adjacent to an activating group) is 1. The van der Waals surface area contributed by atoms with E-state index in [9.17, 15) is 9.18 Å². The van der Waals surface area contributed by atoms with Crippen LogP contribution in [0.5, 0.6) is 6.01 Å². The number of nitrogens with zero attached hydrogens (tertiary/aromatic N) is 6. The van der Waals surface area contributed by atoms with E-state index in [2.05, 4.69) is 30.5 Å². The fourth-order valence-electron chi connectivity index (χ4n) is 5.51. The topological polar surface area (TPSA) is 119 Å². The quantitative estimate of drug-likeness (QED) is 0.265. The van der Waals surface area contributed by atoms with Gasteiger partial charge in [0.15, 0.2) is 0 Å². The summed E-state index contributed by atoms with van der Waals surface area (Å²) in [5.74, 6) is -0.0472. The van der Waals surface area contributed by atoms with Gasteiger partial charge in [-0.1, -0.05) is 18.2 Å². The second-order valence-electron chi connectivity index (χ2n) is 10.2. The number of para-hydroxylation sites is 1. The van der Waals surface area contributed by atoms with Gasteiger partial charge in [0.25, 0.3) is 0 Å². The number of pyridine rings is 1. The maximum absolute atomic E-state index is 14.1. The molecule has 0 unspecified atom stereocenters. The summed E-state index contributed by atoms with van der Waals surface area (Å²) < 4.78 is 26.5. The third-order valence-electron chi connectivity index (χ3n) is 7.52. The first-order chi connectivity index (χ1) is 20.4. The Labute approximate surface area is 244 Å². The molecule has 0 spiro atoms. The van der Waals surface area contributed by atoms with Gasteiger partial charge in [0.1, 0.15) is 11.5 Å². The molecule has 42 heavy (non-hydrogen) atoms. The van der Waals surface area contributed by atoms with Crippen LogP contribution < -0.4 is 15.4 Å². The minimum atomic E-state index is -0.558. The number of hydrogen-bond acceptors (Lipinski definition) is 8. The predicted octanol–water partition coefficient (Wildman–Crippen LogP) is 4.54. The zero-order valence-corrected chi connectivity index (χ0v) is 24.1. The first-order valence-corrected chi connectivity index (χ1v) is 13.9. The lowest BCUT2D eigenvalue weighted by atomic mass is 10.0. The van der Waals surface area contributed by atoms with E-state index in [1.807, 2.05) is 51.2 Å². The van der Waals surface area contributed by atoms with Gasteiger partial charge in [-0.3, -0.25) is 10.2 Å². The molecule has 4 aromatic rings. The van der Waals surface area contributed by atoms with Gasteiger partial charge in [-0.2, -0.15) is 9.49 Å². The highest BCUT2D eigenvalue weighted by Gasteiger charge is 2.40. The van der Waals surface area contributed by atoms with Crippen LogP contribution in [0, 0.1) is 12.9 Å². The second-order valence-corrected chi connectivity index (χ2v) is 10.2. The molecule has 0 saturated carbocycles. The molecule has 4 heterocycles. The summed E-state index contributed by atoms with van der Waals surface area (Å²) in [6, 6.07) is 12.3. The van der Waals surface area contributed by atoms with E-state index in [0.717, 1.165) is 23.2 Å². The molecule has 1 aliphatic heterocycles. The van der Waals surface area contributed by atoms with E-state index in [-0.39, 0.29) is 24.1 Å². The van der Waals surface area contributed by atoms with Crippen LogP contribution in [0.4, 0.5) is 15.0 Å². The van der Waals surface area contributed by atoms with E-state index in [4.69, 9.17) is 14.6 Å². The maximum atomic E-state index is 14.1. The van der Waals surface area contributed by atoms with Gasteiger partial charge in [0, 0.05) is 49.5 Å². The van der Waals surface area contributed by atoms with E-state index in [1.54, 1.807) is 30.3 Å². The Hall–Kier alpha value is -4.42. The minimum Gasteiger partial charge on any atom is -0.464 e. The molecule has 2 N–H and O–H groups in total. The molecule has 5 rings (SSSR count). The summed E-state index contributed by atoms with van der Waals surface area (Å²) in [4.78, 5) is 28.0. The van der Waals surface area contributed by atoms with Crippen molar-refractivity contribution in [2.75, 3.05) is 32.7 Å². The van der Waals surface area contributed by atoms with Crippen LogP contribution in [0.3, 0.4) is 0 Å². The Morgan fingerprint density at radius 1 is 1.14 bits per heavy atom. The van der Waals surface area contributed by atoms with Gasteiger partial charge in [-0.15, -0.1) is 0 Å². The molecule has 1 aliphatic rings. The largest absolute Gasteiger partial charge is 0.464 e. The molecule has 1 saturated heterocycles. The molecule has 220 valence electrons. The average molecular weight is 575 g/mol. The molecule has 1 aromatic carbocycles. The van der Waals surface area contributed by atoms with Crippen molar-refractivity contribution >= 4 is 11.8 Å². The Kier molecular flexibility index (Phi) is 9.03. The van der Waals surface area contributed by atoms with E-state index in [0.29, 0.717) is 36.7 Å². The van der Waals surface area contributed by atoms with Crippen molar-refractivity contribution in [3.05, 3.63) is 78.1 Å². The van der Waals surface area contributed by atoms with Crippen LogP contribution in [-0.2, 0) is 4.74 Å². The Balaban J connectivity index is 1.43. The van der Waals surface area contributed by atoms with Crippen molar-refractivity contribution in [2.45, 2.75) is 44.8 Å². The number of anilines is 1. The number of ether oxygens (including phenoxy) is 2. The molecule has 0 radical (unpaired) electrons. The number of carbonyl (C=O) groups is 1. The third-order valence-corrected chi connectivity index (χ3v) is 7.52. The first kappa shape index (κ1) is 29.1. The summed E-state index contributed by atoms with van der Waals surface area (Å²) >= 11 is 0. The number of hydrogen-bond donors (Lipinski definition) is 2. The number of urea groups is 1. The smallest absolute Gasteiger partial charge is 0.320 e. The molecular weight excluding hydrogens is 539 g/mol. The summed E-state index contributed by atoms with van der Waals surface area (Å²) in [5, 5.41) is 11.0. The van der Waals surface area contributed by atoms with Crippen molar-refractivity contribution in [3.8, 4) is 23.0 Å². The monoisotopic (exact) mass is 574 g/mol. The molecule has 1 fully saturated rings. The van der Waals surface area contributed by atoms with E-state index in [1.165, 1.54) is 12.3 Å². The van der Waals surface area contributed by atoms with E-state index < -0.39 is 12.0 Å². The molecule has 11 nitrogen and oxygen atoms in total. The highest BCUT2D eigenvalue weighted by atomic mass is 19.1. The van der Waals surface area contributed by atoms with Crippen LogP contribution >= 0.6 is 0 Å². The average Bonchev–Trinajstić information content (AvgIpc) is 3.48. The minimum absolute atomic E-state index is 0.138. The Morgan fingerprint density at radius 2 is 1.90 bits per heavy atom. The molecule has 12 heteroatoms. The van der Waals surface area contributed by atoms with Crippen molar-refractivity contribution in [3.63, 3.8) is 0 Å². The molecule has 2 amide bonds. The van der Waals surface area contributed by atoms with Crippen molar-refractivity contribution in [2.24, 2.45) is 0 Å². The number of likely N-dealkylation sites (tertiary alicyclic amines) is 1. The summed E-state index contributed by atoms with van der Waals surface area (Å²) in [5.41, 5.74) is 3.59. The number of carbonyl (C=O) groups excluding carboxylic acids is 1.